The van der Waals surface area contributed by atoms with Crippen molar-refractivity contribution in [1.29, 1.82) is 0 Å². The first-order valence-electron chi connectivity index (χ1n) is 12.2. The Morgan fingerprint density at radius 1 is 1.00 bits per heavy atom. The fourth-order valence-corrected chi connectivity index (χ4v) is 4.94. The lowest BCUT2D eigenvalue weighted by Crippen LogP contribution is -2.52. The molecule has 38 heavy (non-hydrogen) atoms. The van der Waals surface area contributed by atoms with Gasteiger partial charge in [-0.3, -0.25) is 29.6 Å². The van der Waals surface area contributed by atoms with Gasteiger partial charge in [-0.25, -0.2) is 0 Å². The molecule has 3 aromatic rings. The van der Waals surface area contributed by atoms with Crippen LogP contribution in [0.2, 0.25) is 0 Å². The zero-order valence-corrected chi connectivity index (χ0v) is 20.6. The van der Waals surface area contributed by atoms with Gasteiger partial charge in [-0.2, -0.15) is 13.2 Å². The minimum atomic E-state index is -4.36. The molecule has 196 valence electrons. The highest BCUT2D eigenvalue weighted by Crippen LogP contribution is 2.31. The van der Waals surface area contributed by atoms with Crippen molar-refractivity contribution in [3.05, 3.63) is 88.6 Å². The summed E-state index contributed by atoms with van der Waals surface area (Å²) in [6, 6.07) is 13.8. The van der Waals surface area contributed by atoms with Gasteiger partial charge in [0.25, 0.3) is 5.91 Å². The number of pyridine rings is 1. The highest BCUT2D eigenvalue weighted by molar-refractivity contribution is 6.05. The molecule has 0 spiro atoms. The molecule has 1 fully saturated rings. The number of hydrogen-bond acceptors (Lipinski definition) is 5. The van der Waals surface area contributed by atoms with Gasteiger partial charge in [-0.15, -0.1) is 0 Å². The van der Waals surface area contributed by atoms with Gasteiger partial charge < -0.3 is 4.90 Å². The van der Waals surface area contributed by atoms with Crippen LogP contribution in [0.15, 0.2) is 60.8 Å². The van der Waals surface area contributed by atoms with Crippen molar-refractivity contribution in [3.63, 3.8) is 0 Å². The first-order chi connectivity index (χ1) is 18.1. The third-order valence-electron chi connectivity index (χ3n) is 6.83. The number of aromatic nitrogens is 1. The number of carbonyl (C=O) groups is 3. The summed E-state index contributed by atoms with van der Waals surface area (Å²) in [5.74, 6) is -1.00. The largest absolute Gasteiger partial charge is 0.416 e. The second-order valence-corrected chi connectivity index (χ2v) is 9.69. The fourth-order valence-electron chi connectivity index (χ4n) is 4.94. The SMILES string of the molecule is CN(Cc1ccc(C(F)(F)F)cc1)Cc1ccnc(-c2ccc3c(c2)CN(C2CCC(=O)NC2=O)C3=O)c1. The van der Waals surface area contributed by atoms with E-state index in [-0.39, 0.29) is 24.8 Å². The summed E-state index contributed by atoms with van der Waals surface area (Å²) in [4.78, 5) is 44.7. The molecule has 0 bridgehead atoms. The number of hydrogen-bond donors (Lipinski definition) is 1. The molecule has 2 aliphatic heterocycles. The molecule has 1 N–H and O–H groups in total. The van der Waals surface area contributed by atoms with E-state index >= 15 is 0 Å². The normalized spacial score (nSPS) is 17.7. The standard InChI is InChI=1S/C28H25F3N4O3/c1-34(14-17-2-5-21(6-3-17)28(29,30)31)15-18-10-11-32-23(12-18)19-4-7-22-20(13-19)16-35(27(22)38)24-8-9-25(36)33-26(24)37/h2-7,10-13,24H,8-9,14-16H2,1H3,(H,33,36,37). The molecular formula is C28H25F3N4O3. The Hall–Kier alpha value is -4.05. The van der Waals surface area contributed by atoms with E-state index in [4.69, 9.17) is 0 Å². The van der Waals surface area contributed by atoms with E-state index in [2.05, 4.69) is 10.3 Å². The number of imide groups is 1. The summed E-state index contributed by atoms with van der Waals surface area (Å²) >= 11 is 0. The Bertz CT molecular complexity index is 1410. The molecule has 3 heterocycles. The maximum atomic E-state index is 12.9. The van der Waals surface area contributed by atoms with Crippen molar-refractivity contribution in [1.82, 2.24) is 20.1 Å². The molecule has 10 heteroatoms. The number of carbonyl (C=O) groups excluding carboxylic acids is 3. The molecule has 3 amide bonds. The molecule has 0 radical (unpaired) electrons. The van der Waals surface area contributed by atoms with Gasteiger partial charge in [0.1, 0.15) is 6.04 Å². The molecule has 2 aliphatic rings. The van der Waals surface area contributed by atoms with Crippen molar-refractivity contribution in [2.75, 3.05) is 7.05 Å². The third kappa shape index (κ3) is 5.31. The molecule has 7 nitrogen and oxygen atoms in total. The Morgan fingerprint density at radius 2 is 1.74 bits per heavy atom. The van der Waals surface area contributed by atoms with E-state index in [9.17, 15) is 27.6 Å². The van der Waals surface area contributed by atoms with Crippen LogP contribution in [0.3, 0.4) is 0 Å². The average molecular weight is 523 g/mol. The van der Waals surface area contributed by atoms with E-state index in [1.165, 1.54) is 17.0 Å². The van der Waals surface area contributed by atoms with E-state index in [1.807, 2.05) is 36.2 Å². The number of fused-ring (bicyclic) bond motifs is 1. The molecule has 1 saturated heterocycles. The van der Waals surface area contributed by atoms with Crippen LogP contribution in [0.25, 0.3) is 11.3 Å². The molecule has 0 aliphatic carbocycles. The number of piperidine rings is 1. The number of alkyl halides is 3. The van der Waals surface area contributed by atoms with Crippen LogP contribution in [0.4, 0.5) is 13.2 Å². The number of benzene rings is 2. The summed E-state index contributed by atoms with van der Waals surface area (Å²) in [7, 11) is 1.89. The van der Waals surface area contributed by atoms with Crippen LogP contribution in [0.5, 0.6) is 0 Å². The van der Waals surface area contributed by atoms with Crippen LogP contribution >= 0.6 is 0 Å². The van der Waals surface area contributed by atoms with E-state index in [0.717, 1.165) is 40.1 Å². The van der Waals surface area contributed by atoms with Crippen molar-refractivity contribution in [2.24, 2.45) is 0 Å². The lowest BCUT2D eigenvalue weighted by atomic mass is 10.0. The minimum absolute atomic E-state index is 0.200. The predicted octanol–water partition coefficient (Wildman–Crippen LogP) is 4.16. The summed E-state index contributed by atoms with van der Waals surface area (Å²) in [6.07, 6.45) is -2.15. The number of rotatable bonds is 6. The quantitative estimate of drug-likeness (QED) is 0.492. The minimum Gasteiger partial charge on any atom is -0.322 e. The molecule has 1 atom stereocenters. The van der Waals surface area contributed by atoms with Crippen LogP contribution in [0, 0.1) is 0 Å². The molecule has 1 aromatic heterocycles. The molecule has 1 unspecified atom stereocenters. The third-order valence-corrected chi connectivity index (χ3v) is 6.83. The highest BCUT2D eigenvalue weighted by Gasteiger charge is 2.39. The highest BCUT2D eigenvalue weighted by atomic mass is 19.4. The second kappa shape index (κ2) is 10.0. The van der Waals surface area contributed by atoms with E-state index in [1.54, 1.807) is 12.3 Å². The maximum absolute atomic E-state index is 12.9. The topological polar surface area (TPSA) is 82.6 Å². The van der Waals surface area contributed by atoms with Crippen LogP contribution in [-0.2, 0) is 35.4 Å². The lowest BCUT2D eigenvalue weighted by molar-refractivity contribution is -0.138. The van der Waals surface area contributed by atoms with Gasteiger partial charge in [0, 0.05) is 43.4 Å². The predicted molar refractivity (Wildman–Crippen MR) is 132 cm³/mol. The van der Waals surface area contributed by atoms with Crippen molar-refractivity contribution in [2.45, 2.75) is 44.7 Å². The first-order valence-corrected chi connectivity index (χ1v) is 12.2. The smallest absolute Gasteiger partial charge is 0.322 e. The number of nitrogens with one attached hydrogen (secondary N) is 1. The van der Waals surface area contributed by atoms with Gasteiger partial charge in [0.15, 0.2) is 0 Å². The number of nitrogens with zero attached hydrogens (tertiary/aromatic N) is 3. The number of amides is 3. The van der Waals surface area contributed by atoms with E-state index in [0.29, 0.717) is 25.1 Å². The Balaban J connectivity index is 1.27. The van der Waals surface area contributed by atoms with Gasteiger partial charge in [-0.1, -0.05) is 18.2 Å². The van der Waals surface area contributed by atoms with E-state index < -0.39 is 23.7 Å². The number of halogens is 3. The van der Waals surface area contributed by atoms with Crippen LogP contribution in [-0.4, -0.2) is 45.6 Å². The Morgan fingerprint density at radius 3 is 2.45 bits per heavy atom. The van der Waals surface area contributed by atoms with Crippen molar-refractivity contribution in [3.8, 4) is 11.3 Å². The second-order valence-electron chi connectivity index (χ2n) is 9.69. The monoisotopic (exact) mass is 522 g/mol. The summed E-state index contributed by atoms with van der Waals surface area (Å²) in [6.45, 7) is 1.32. The maximum Gasteiger partial charge on any atom is 0.416 e. The fraction of sp³-hybridized carbons (Fsp3) is 0.286. The van der Waals surface area contributed by atoms with Crippen LogP contribution in [0.1, 0.15) is 45.5 Å². The molecular weight excluding hydrogens is 497 g/mol. The zero-order valence-electron chi connectivity index (χ0n) is 20.6. The summed E-state index contributed by atoms with van der Waals surface area (Å²) in [5.41, 5.74) is 3.97. The van der Waals surface area contributed by atoms with Crippen LogP contribution < -0.4 is 5.32 Å². The lowest BCUT2D eigenvalue weighted by Gasteiger charge is -2.29. The van der Waals surface area contributed by atoms with Crippen molar-refractivity contribution < 1.29 is 27.6 Å². The Labute approximate surface area is 217 Å². The molecule has 0 saturated carbocycles. The van der Waals surface area contributed by atoms with Gasteiger partial charge in [0.2, 0.25) is 11.8 Å². The molecule has 5 rings (SSSR count). The summed E-state index contributed by atoms with van der Waals surface area (Å²) in [5, 5.41) is 2.31. The molecule has 2 aromatic carbocycles. The van der Waals surface area contributed by atoms with Gasteiger partial charge in [0.05, 0.1) is 11.3 Å². The average Bonchev–Trinajstić information content (AvgIpc) is 3.19. The van der Waals surface area contributed by atoms with Gasteiger partial charge >= 0.3 is 6.18 Å². The summed E-state index contributed by atoms with van der Waals surface area (Å²) < 4.78 is 38.4. The zero-order chi connectivity index (χ0) is 27.0. The van der Waals surface area contributed by atoms with Gasteiger partial charge in [-0.05, 0) is 66.6 Å². The first kappa shape index (κ1) is 25.6. The van der Waals surface area contributed by atoms with Crippen molar-refractivity contribution >= 4 is 17.7 Å². The Kier molecular flexibility index (Phi) is 6.75.